The quantitative estimate of drug-likeness (QED) is 0.230. The van der Waals surface area contributed by atoms with Crippen LogP contribution in [0.15, 0.2) is 83.3 Å². The molecule has 0 bridgehead atoms. The van der Waals surface area contributed by atoms with Crippen molar-refractivity contribution in [3.63, 3.8) is 0 Å². The minimum absolute atomic E-state index is 0.000915. The maximum Gasteiger partial charge on any atom is 0.303 e. The van der Waals surface area contributed by atoms with Crippen LogP contribution in [-0.2, 0) is 4.79 Å². The summed E-state index contributed by atoms with van der Waals surface area (Å²) in [6, 6.07) is 25.1. The van der Waals surface area contributed by atoms with Crippen LogP contribution in [0.3, 0.4) is 0 Å². The van der Waals surface area contributed by atoms with Gasteiger partial charge < -0.3 is 14.8 Å². The van der Waals surface area contributed by atoms with Crippen molar-refractivity contribution in [1.82, 2.24) is 10.2 Å². The molecular formula is C29H29N3O4. The second kappa shape index (κ2) is 11.4. The van der Waals surface area contributed by atoms with E-state index in [-0.39, 0.29) is 24.7 Å². The largest absolute Gasteiger partial charge is 0.481 e. The topological polar surface area (TPSA) is 105 Å². The lowest BCUT2D eigenvalue weighted by Crippen LogP contribution is -2.16. The molecule has 184 valence electrons. The van der Waals surface area contributed by atoms with Crippen molar-refractivity contribution >= 4 is 17.4 Å². The van der Waals surface area contributed by atoms with Crippen LogP contribution in [0.2, 0.25) is 0 Å². The molecule has 1 unspecified atom stereocenters. The van der Waals surface area contributed by atoms with Gasteiger partial charge in [-0.05, 0) is 66.4 Å². The number of anilines is 1. The first-order valence-corrected chi connectivity index (χ1v) is 12.0. The predicted octanol–water partition coefficient (Wildman–Crippen LogP) is 6.65. The Hall–Kier alpha value is -4.26. The van der Waals surface area contributed by atoms with Gasteiger partial charge in [-0.3, -0.25) is 9.59 Å². The molecule has 4 aromatic rings. The summed E-state index contributed by atoms with van der Waals surface area (Å²) in [5, 5.41) is 20.7. The van der Waals surface area contributed by atoms with E-state index in [1.165, 1.54) is 0 Å². The number of Topliss-reactive ketones (excluding diaryl/α,β-unsaturated/α-hetero) is 1. The maximum atomic E-state index is 12.3. The number of hydrogen-bond acceptors (Lipinski definition) is 6. The van der Waals surface area contributed by atoms with Crippen molar-refractivity contribution < 1.29 is 19.1 Å². The second-order valence-electron chi connectivity index (χ2n) is 9.01. The molecule has 0 aliphatic carbocycles. The summed E-state index contributed by atoms with van der Waals surface area (Å²) < 4.78 is 5.87. The van der Waals surface area contributed by atoms with E-state index in [0.717, 1.165) is 22.4 Å². The average molecular weight is 484 g/mol. The first-order chi connectivity index (χ1) is 17.4. The number of aliphatic carboxylic acids is 1. The van der Waals surface area contributed by atoms with Crippen LogP contribution in [0.5, 0.6) is 0 Å². The van der Waals surface area contributed by atoms with Crippen LogP contribution in [0.1, 0.15) is 55.1 Å². The van der Waals surface area contributed by atoms with Gasteiger partial charge in [0.2, 0.25) is 11.8 Å². The number of carbonyl (C=O) groups excluding carboxylic acids is 1. The van der Waals surface area contributed by atoms with Gasteiger partial charge in [0, 0.05) is 35.2 Å². The first kappa shape index (κ1) is 24.9. The number of carboxylic acid groups (broad SMARTS) is 1. The molecule has 4 rings (SSSR count). The molecule has 1 aromatic heterocycles. The van der Waals surface area contributed by atoms with Crippen LogP contribution >= 0.6 is 0 Å². The number of ketones is 1. The number of nitrogens with zero attached hydrogens (tertiary/aromatic N) is 2. The van der Waals surface area contributed by atoms with Crippen molar-refractivity contribution in [2.45, 2.75) is 39.2 Å². The molecule has 2 N–H and O–H groups in total. The lowest BCUT2D eigenvalue weighted by Gasteiger charge is -2.24. The molecule has 1 heterocycles. The molecule has 1 atom stereocenters. The van der Waals surface area contributed by atoms with Gasteiger partial charge in [-0.2, -0.15) is 0 Å². The second-order valence-corrected chi connectivity index (χ2v) is 9.01. The van der Waals surface area contributed by atoms with Crippen molar-refractivity contribution in [3.05, 3.63) is 90.0 Å². The molecule has 7 heteroatoms. The van der Waals surface area contributed by atoms with Gasteiger partial charge in [0.15, 0.2) is 5.78 Å². The van der Waals surface area contributed by atoms with Crippen LogP contribution in [0.25, 0.3) is 22.9 Å². The van der Waals surface area contributed by atoms with Gasteiger partial charge in [0.25, 0.3) is 0 Å². The minimum atomic E-state index is -0.885. The Kier molecular flexibility index (Phi) is 7.90. The Morgan fingerprint density at radius 3 is 2.03 bits per heavy atom. The standard InChI is InChI=1S/C29H29N3O4/c1-19(2)27(30-24-17-15-20(16-18-24)25(33)9-6-10-26(34)35)21-11-13-23(14-12-21)29-32-31-28(36-29)22-7-4-3-5-8-22/h3-5,7-8,11-19,27,30H,6,9-10H2,1-2H3,(H,34,35). The number of hydrogen-bond donors (Lipinski definition) is 2. The minimum Gasteiger partial charge on any atom is -0.481 e. The molecule has 0 radical (unpaired) electrons. The first-order valence-electron chi connectivity index (χ1n) is 12.0. The zero-order valence-corrected chi connectivity index (χ0v) is 20.3. The Labute approximate surface area is 210 Å². The molecular weight excluding hydrogens is 454 g/mol. The van der Waals surface area contributed by atoms with Crippen molar-refractivity contribution in [2.75, 3.05) is 5.32 Å². The summed E-state index contributed by atoms with van der Waals surface area (Å²) in [6.45, 7) is 4.30. The van der Waals surface area contributed by atoms with E-state index >= 15 is 0 Å². The summed E-state index contributed by atoms with van der Waals surface area (Å²) >= 11 is 0. The fourth-order valence-electron chi connectivity index (χ4n) is 3.98. The maximum absolute atomic E-state index is 12.3. The predicted molar refractivity (Wildman–Crippen MR) is 139 cm³/mol. The third kappa shape index (κ3) is 6.24. The Balaban J connectivity index is 1.43. The SMILES string of the molecule is CC(C)C(Nc1ccc(C(=O)CCCC(=O)O)cc1)c1ccc(-c2nnc(-c3ccccc3)o2)cc1. The van der Waals surface area contributed by atoms with E-state index in [2.05, 4.69) is 41.5 Å². The van der Waals surface area contributed by atoms with E-state index in [1.54, 1.807) is 12.1 Å². The average Bonchev–Trinajstić information content (AvgIpc) is 3.38. The van der Waals surface area contributed by atoms with Crippen molar-refractivity contribution in [2.24, 2.45) is 5.92 Å². The molecule has 0 saturated carbocycles. The highest BCUT2D eigenvalue weighted by molar-refractivity contribution is 5.96. The van der Waals surface area contributed by atoms with Crippen LogP contribution in [-0.4, -0.2) is 27.1 Å². The number of carboxylic acids is 1. The zero-order valence-electron chi connectivity index (χ0n) is 20.3. The summed E-state index contributed by atoms with van der Waals surface area (Å²) in [5.41, 5.74) is 4.34. The summed E-state index contributed by atoms with van der Waals surface area (Å²) in [5.74, 6) is 0.332. The van der Waals surface area contributed by atoms with Crippen LogP contribution in [0.4, 0.5) is 5.69 Å². The van der Waals surface area contributed by atoms with Crippen LogP contribution in [0, 0.1) is 5.92 Å². The lowest BCUT2D eigenvalue weighted by atomic mass is 9.94. The van der Waals surface area contributed by atoms with Gasteiger partial charge in [-0.1, -0.05) is 44.2 Å². The Bertz CT molecular complexity index is 1300. The molecule has 7 nitrogen and oxygen atoms in total. The summed E-state index contributed by atoms with van der Waals surface area (Å²) in [4.78, 5) is 22.9. The van der Waals surface area contributed by atoms with E-state index in [9.17, 15) is 9.59 Å². The molecule has 3 aromatic carbocycles. The van der Waals surface area contributed by atoms with E-state index in [4.69, 9.17) is 9.52 Å². The van der Waals surface area contributed by atoms with Crippen LogP contribution < -0.4 is 5.32 Å². The monoisotopic (exact) mass is 483 g/mol. The Morgan fingerprint density at radius 1 is 0.833 bits per heavy atom. The number of benzene rings is 3. The fourth-order valence-corrected chi connectivity index (χ4v) is 3.98. The number of carbonyl (C=O) groups is 2. The van der Waals surface area contributed by atoms with Crippen molar-refractivity contribution in [3.8, 4) is 22.9 Å². The summed E-state index contributed by atoms with van der Waals surface area (Å²) in [6.07, 6.45) is 0.574. The molecule has 0 aliphatic heterocycles. The van der Waals surface area contributed by atoms with Gasteiger partial charge >= 0.3 is 5.97 Å². The Morgan fingerprint density at radius 2 is 1.44 bits per heavy atom. The highest BCUT2D eigenvalue weighted by Crippen LogP contribution is 2.30. The van der Waals surface area contributed by atoms with Crippen molar-refractivity contribution in [1.29, 1.82) is 0 Å². The number of rotatable bonds is 11. The summed E-state index contributed by atoms with van der Waals surface area (Å²) in [7, 11) is 0. The fraction of sp³-hybridized carbons (Fsp3) is 0.241. The van der Waals surface area contributed by atoms with E-state index < -0.39 is 5.97 Å². The van der Waals surface area contributed by atoms with Gasteiger partial charge in [-0.15, -0.1) is 10.2 Å². The number of nitrogens with one attached hydrogen (secondary N) is 1. The lowest BCUT2D eigenvalue weighted by molar-refractivity contribution is -0.137. The zero-order chi connectivity index (χ0) is 25.5. The molecule has 36 heavy (non-hydrogen) atoms. The molecule has 0 spiro atoms. The van der Waals surface area contributed by atoms with Gasteiger partial charge in [0.1, 0.15) is 0 Å². The van der Waals surface area contributed by atoms with E-state index in [0.29, 0.717) is 29.7 Å². The van der Waals surface area contributed by atoms with E-state index in [1.807, 2.05) is 54.6 Å². The third-order valence-corrected chi connectivity index (χ3v) is 5.95. The highest BCUT2D eigenvalue weighted by atomic mass is 16.4. The van der Waals surface area contributed by atoms with Gasteiger partial charge in [0.05, 0.1) is 6.04 Å². The highest BCUT2D eigenvalue weighted by Gasteiger charge is 2.17. The number of aromatic nitrogens is 2. The van der Waals surface area contributed by atoms with Gasteiger partial charge in [-0.25, -0.2) is 0 Å². The molecule has 0 fully saturated rings. The molecule has 0 amide bonds. The smallest absolute Gasteiger partial charge is 0.303 e. The normalized spacial score (nSPS) is 11.9. The molecule has 0 aliphatic rings. The molecule has 0 saturated heterocycles. The third-order valence-electron chi connectivity index (χ3n) is 5.95.